The van der Waals surface area contributed by atoms with E-state index in [4.69, 9.17) is 10.5 Å². The molecular weight excluding hydrogens is 368 g/mol. The Morgan fingerprint density at radius 2 is 1.90 bits per heavy atom. The number of benzene rings is 2. The molecule has 2 aromatic rings. The average Bonchev–Trinajstić information content (AvgIpc) is 2.37. The van der Waals surface area contributed by atoms with Gasteiger partial charge < -0.3 is 10.5 Å². The van der Waals surface area contributed by atoms with Gasteiger partial charge in [-0.2, -0.15) is 0 Å². The van der Waals surface area contributed by atoms with Gasteiger partial charge in [0.05, 0.1) is 12.1 Å². The molecule has 2 N–H and O–H groups in total. The summed E-state index contributed by atoms with van der Waals surface area (Å²) in [7, 11) is 0. The Kier molecular flexibility index (Phi) is 4.99. The minimum atomic E-state index is -0.293. The van der Waals surface area contributed by atoms with Gasteiger partial charge in [0.25, 0.3) is 0 Å². The van der Waals surface area contributed by atoms with Crippen LogP contribution in [0.3, 0.4) is 0 Å². The fourth-order valence-electron chi connectivity index (χ4n) is 1.99. The van der Waals surface area contributed by atoms with Gasteiger partial charge in [0, 0.05) is 3.57 Å². The van der Waals surface area contributed by atoms with Gasteiger partial charge in [0.1, 0.15) is 11.6 Å². The molecule has 4 heteroatoms. The van der Waals surface area contributed by atoms with Crippen molar-refractivity contribution in [3.05, 3.63) is 63.0 Å². The highest BCUT2D eigenvalue weighted by Crippen LogP contribution is 2.27. The predicted octanol–water partition coefficient (Wildman–Crippen LogP) is 4.27. The third kappa shape index (κ3) is 3.70. The zero-order valence-corrected chi connectivity index (χ0v) is 13.6. The van der Waals surface area contributed by atoms with Crippen LogP contribution in [0, 0.1) is 9.39 Å². The summed E-state index contributed by atoms with van der Waals surface area (Å²) in [5.41, 5.74) is 8.15. The molecule has 2 aromatic carbocycles. The Hall–Kier alpha value is -1.14. The first kappa shape index (κ1) is 15.3. The van der Waals surface area contributed by atoms with Crippen molar-refractivity contribution in [3.63, 3.8) is 0 Å². The van der Waals surface area contributed by atoms with Gasteiger partial charge in [-0.3, -0.25) is 0 Å². The van der Waals surface area contributed by atoms with Gasteiger partial charge in [0.15, 0.2) is 0 Å². The fourth-order valence-corrected chi connectivity index (χ4v) is 2.80. The molecule has 0 aliphatic rings. The summed E-state index contributed by atoms with van der Waals surface area (Å²) in [5.74, 6) is 0.548. The maximum Gasteiger partial charge on any atom is 0.124 e. The van der Waals surface area contributed by atoms with E-state index in [1.807, 2.05) is 38.1 Å². The largest absolute Gasteiger partial charge is 0.491 e. The van der Waals surface area contributed by atoms with Crippen LogP contribution < -0.4 is 10.5 Å². The van der Waals surface area contributed by atoms with Crippen molar-refractivity contribution in [2.24, 2.45) is 5.73 Å². The van der Waals surface area contributed by atoms with Crippen LogP contribution in [0.25, 0.3) is 0 Å². The summed E-state index contributed by atoms with van der Waals surface area (Å²) in [6, 6.07) is 12.1. The van der Waals surface area contributed by atoms with Crippen LogP contribution in [0.5, 0.6) is 5.75 Å². The highest BCUT2D eigenvalue weighted by atomic mass is 127. The lowest BCUT2D eigenvalue weighted by Crippen LogP contribution is -2.14. The molecule has 1 unspecified atom stereocenters. The van der Waals surface area contributed by atoms with Crippen molar-refractivity contribution < 1.29 is 9.13 Å². The molecular formula is C16H17FINO. The number of ether oxygens (including phenoxy) is 1. The first-order valence-electron chi connectivity index (χ1n) is 6.44. The maximum absolute atomic E-state index is 13.2. The molecule has 2 nitrogen and oxygen atoms in total. The lowest BCUT2D eigenvalue weighted by atomic mass is 9.99. The van der Waals surface area contributed by atoms with Gasteiger partial charge >= 0.3 is 0 Å². The van der Waals surface area contributed by atoms with Gasteiger partial charge in [-0.05, 0) is 71.8 Å². The van der Waals surface area contributed by atoms with E-state index < -0.39 is 0 Å². The summed E-state index contributed by atoms with van der Waals surface area (Å²) >= 11 is 2.11. The first-order chi connectivity index (χ1) is 9.47. The minimum Gasteiger partial charge on any atom is -0.491 e. The van der Waals surface area contributed by atoms with Crippen molar-refractivity contribution in [3.8, 4) is 5.75 Å². The second-order valence-corrected chi connectivity index (χ2v) is 6.04. The van der Waals surface area contributed by atoms with E-state index in [2.05, 4.69) is 22.6 Å². The zero-order chi connectivity index (χ0) is 14.7. The number of nitrogens with two attached hydrogens (primary N) is 1. The third-order valence-corrected chi connectivity index (χ3v) is 3.82. The van der Waals surface area contributed by atoms with Crippen LogP contribution in [-0.2, 0) is 0 Å². The van der Waals surface area contributed by atoms with Crippen molar-refractivity contribution >= 4 is 22.6 Å². The van der Waals surface area contributed by atoms with Crippen LogP contribution in [0.4, 0.5) is 4.39 Å². The normalized spacial score (nSPS) is 12.5. The Labute approximate surface area is 132 Å². The highest BCUT2D eigenvalue weighted by molar-refractivity contribution is 14.1. The second kappa shape index (κ2) is 6.54. The minimum absolute atomic E-state index is 0.118. The molecule has 1 atom stereocenters. The molecule has 0 bridgehead atoms. The summed E-state index contributed by atoms with van der Waals surface area (Å²) in [6.07, 6.45) is 0.118. The Bertz CT molecular complexity index is 601. The van der Waals surface area contributed by atoms with E-state index in [1.165, 1.54) is 12.1 Å². The van der Waals surface area contributed by atoms with E-state index in [0.717, 1.165) is 20.4 Å². The molecule has 0 saturated carbocycles. The molecule has 0 heterocycles. The highest BCUT2D eigenvalue weighted by Gasteiger charge is 2.13. The molecule has 0 saturated heterocycles. The molecule has 0 fully saturated rings. The van der Waals surface area contributed by atoms with E-state index in [9.17, 15) is 4.39 Å². The van der Waals surface area contributed by atoms with E-state index in [1.54, 1.807) is 6.07 Å². The zero-order valence-electron chi connectivity index (χ0n) is 11.4. The SMILES string of the molecule is CC(C)Oc1cccc(C(N)c2ccc(F)cc2I)c1. The quantitative estimate of drug-likeness (QED) is 0.799. The standard InChI is InChI=1S/C16H17FINO/c1-10(2)20-13-5-3-4-11(8-13)16(19)14-7-6-12(17)9-15(14)18/h3-10,16H,19H2,1-2H3. The molecule has 0 aliphatic carbocycles. The summed E-state index contributed by atoms with van der Waals surface area (Å²) in [5, 5.41) is 0. The molecule has 0 aromatic heterocycles. The van der Waals surface area contributed by atoms with Crippen molar-refractivity contribution in [1.82, 2.24) is 0 Å². The fraction of sp³-hybridized carbons (Fsp3) is 0.250. The molecule has 0 amide bonds. The van der Waals surface area contributed by atoms with E-state index in [-0.39, 0.29) is 18.0 Å². The van der Waals surface area contributed by atoms with E-state index >= 15 is 0 Å². The summed E-state index contributed by atoms with van der Waals surface area (Å²) < 4.78 is 19.7. The second-order valence-electron chi connectivity index (χ2n) is 4.88. The number of halogens is 2. The van der Waals surface area contributed by atoms with Crippen LogP contribution in [0.15, 0.2) is 42.5 Å². The van der Waals surface area contributed by atoms with Crippen LogP contribution in [0.2, 0.25) is 0 Å². The third-order valence-electron chi connectivity index (χ3n) is 2.89. The van der Waals surface area contributed by atoms with Gasteiger partial charge in [-0.25, -0.2) is 4.39 Å². The summed E-state index contributed by atoms with van der Waals surface area (Å²) in [4.78, 5) is 0. The lowest BCUT2D eigenvalue weighted by Gasteiger charge is -2.16. The van der Waals surface area contributed by atoms with Gasteiger partial charge in [-0.15, -0.1) is 0 Å². The number of hydrogen-bond acceptors (Lipinski definition) is 2. The smallest absolute Gasteiger partial charge is 0.124 e. The predicted molar refractivity (Wildman–Crippen MR) is 87.4 cm³/mol. The van der Waals surface area contributed by atoms with Gasteiger partial charge in [0.2, 0.25) is 0 Å². The topological polar surface area (TPSA) is 35.2 Å². The molecule has 0 spiro atoms. The van der Waals surface area contributed by atoms with E-state index in [0.29, 0.717) is 0 Å². The Balaban J connectivity index is 2.30. The molecule has 20 heavy (non-hydrogen) atoms. The molecule has 0 aliphatic heterocycles. The maximum atomic E-state index is 13.2. The van der Waals surface area contributed by atoms with Gasteiger partial charge in [-0.1, -0.05) is 18.2 Å². The summed E-state index contributed by atoms with van der Waals surface area (Å²) in [6.45, 7) is 3.96. The Morgan fingerprint density at radius 3 is 2.55 bits per heavy atom. The van der Waals surface area contributed by atoms with Crippen molar-refractivity contribution in [1.29, 1.82) is 0 Å². The van der Waals surface area contributed by atoms with Crippen molar-refractivity contribution in [2.75, 3.05) is 0 Å². The van der Waals surface area contributed by atoms with Crippen LogP contribution >= 0.6 is 22.6 Å². The number of rotatable bonds is 4. The van der Waals surface area contributed by atoms with Crippen LogP contribution in [-0.4, -0.2) is 6.10 Å². The van der Waals surface area contributed by atoms with Crippen LogP contribution in [0.1, 0.15) is 31.0 Å². The molecule has 106 valence electrons. The average molecular weight is 385 g/mol. The lowest BCUT2D eigenvalue weighted by molar-refractivity contribution is 0.242. The Morgan fingerprint density at radius 1 is 1.15 bits per heavy atom. The molecule has 2 rings (SSSR count). The molecule has 0 radical (unpaired) electrons. The number of hydrogen-bond donors (Lipinski definition) is 1. The van der Waals surface area contributed by atoms with Crippen molar-refractivity contribution in [2.45, 2.75) is 26.0 Å². The monoisotopic (exact) mass is 385 g/mol. The first-order valence-corrected chi connectivity index (χ1v) is 7.52.